The van der Waals surface area contributed by atoms with Crippen LogP contribution in [0.2, 0.25) is 5.02 Å². The third-order valence-electron chi connectivity index (χ3n) is 2.72. The van der Waals surface area contributed by atoms with Crippen molar-refractivity contribution in [2.45, 2.75) is 13.3 Å². The summed E-state index contributed by atoms with van der Waals surface area (Å²) in [5.41, 5.74) is 5.76. The highest BCUT2D eigenvalue weighted by molar-refractivity contribution is 6.34. The van der Waals surface area contributed by atoms with Gasteiger partial charge >= 0.3 is 0 Å². The molecule has 0 saturated heterocycles. The van der Waals surface area contributed by atoms with Gasteiger partial charge in [0.05, 0.1) is 10.6 Å². The predicted molar refractivity (Wildman–Crippen MR) is 76.0 cm³/mol. The first-order chi connectivity index (χ1) is 9.51. The van der Waals surface area contributed by atoms with Gasteiger partial charge in [0.25, 0.3) is 5.91 Å². The van der Waals surface area contributed by atoms with Crippen molar-refractivity contribution < 1.29 is 14.0 Å². The standard InChI is InChI=1S/C14H13ClN2O3/c1-2-9-4-6-12(20-9)14(19)17-8-3-5-11(15)10(7-8)13(16)18/h3-7H,2H2,1H3,(H2,16,18)(H,17,19). The van der Waals surface area contributed by atoms with Crippen molar-refractivity contribution >= 4 is 29.1 Å². The zero-order chi connectivity index (χ0) is 14.7. The minimum atomic E-state index is -0.655. The van der Waals surface area contributed by atoms with Crippen LogP contribution < -0.4 is 11.1 Å². The molecule has 0 atom stereocenters. The molecule has 104 valence electrons. The van der Waals surface area contributed by atoms with Crippen LogP contribution in [0, 0.1) is 0 Å². The number of nitrogens with two attached hydrogens (primary N) is 1. The molecule has 0 unspecified atom stereocenters. The van der Waals surface area contributed by atoms with E-state index in [0.717, 1.165) is 5.76 Å². The number of rotatable bonds is 4. The molecule has 0 spiro atoms. The maximum atomic E-state index is 12.0. The lowest BCUT2D eigenvalue weighted by Crippen LogP contribution is -2.14. The smallest absolute Gasteiger partial charge is 0.291 e. The van der Waals surface area contributed by atoms with Crippen molar-refractivity contribution in [2.75, 3.05) is 5.32 Å². The maximum Gasteiger partial charge on any atom is 0.291 e. The molecule has 0 fully saturated rings. The van der Waals surface area contributed by atoms with Crippen LogP contribution in [0.15, 0.2) is 34.7 Å². The zero-order valence-electron chi connectivity index (χ0n) is 10.8. The fourth-order valence-electron chi connectivity index (χ4n) is 1.67. The number of carbonyl (C=O) groups excluding carboxylic acids is 2. The fourth-order valence-corrected chi connectivity index (χ4v) is 1.89. The normalized spacial score (nSPS) is 10.3. The molecule has 2 rings (SSSR count). The van der Waals surface area contributed by atoms with Gasteiger partial charge in [-0.1, -0.05) is 18.5 Å². The number of nitrogens with one attached hydrogen (secondary N) is 1. The Bertz CT molecular complexity index is 664. The Hall–Kier alpha value is -2.27. The van der Waals surface area contributed by atoms with Crippen LogP contribution in [-0.2, 0) is 6.42 Å². The predicted octanol–water partition coefficient (Wildman–Crippen LogP) is 2.85. The average molecular weight is 293 g/mol. The van der Waals surface area contributed by atoms with Crippen molar-refractivity contribution in [3.63, 3.8) is 0 Å². The monoisotopic (exact) mass is 292 g/mol. The molecule has 0 aliphatic carbocycles. The molecule has 0 aliphatic rings. The molecule has 1 heterocycles. The van der Waals surface area contributed by atoms with Gasteiger partial charge in [0.15, 0.2) is 5.76 Å². The molecule has 20 heavy (non-hydrogen) atoms. The quantitative estimate of drug-likeness (QED) is 0.908. The Morgan fingerprint density at radius 3 is 2.65 bits per heavy atom. The van der Waals surface area contributed by atoms with E-state index in [0.29, 0.717) is 12.1 Å². The second-order valence-corrected chi connectivity index (χ2v) is 4.54. The number of hydrogen-bond donors (Lipinski definition) is 2. The van der Waals surface area contributed by atoms with Gasteiger partial charge in [0.1, 0.15) is 5.76 Å². The number of amides is 2. The van der Waals surface area contributed by atoms with E-state index >= 15 is 0 Å². The lowest BCUT2D eigenvalue weighted by atomic mass is 10.2. The molecular weight excluding hydrogens is 280 g/mol. The number of halogens is 1. The number of furan rings is 1. The third kappa shape index (κ3) is 3.00. The number of hydrogen-bond acceptors (Lipinski definition) is 3. The number of primary amides is 1. The van der Waals surface area contributed by atoms with Gasteiger partial charge in [-0.15, -0.1) is 0 Å². The topological polar surface area (TPSA) is 85.3 Å². The lowest BCUT2D eigenvalue weighted by Gasteiger charge is -2.06. The second-order valence-electron chi connectivity index (χ2n) is 4.13. The van der Waals surface area contributed by atoms with Crippen LogP contribution in [-0.4, -0.2) is 11.8 Å². The van der Waals surface area contributed by atoms with E-state index in [1.54, 1.807) is 18.2 Å². The first kappa shape index (κ1) is 14.1. The van der Waals surface area contributed by atoms with Crippen LogP contribution in [0.3, 0.4) is 0 Å². The van der Waals surface area contributed by atoms with E-state index in [-0.39, 0.29) is 16.3 Å². The molecule has 3 N–H and O–H groups in total. The van der Waals surface area contributed by atoms with Crippen LogP contribution in [0.4, 0.5) is 5.69 Å². The molecule has 0 aliphatic heterocycles. The Morgan fingerprint density at radius 2 is 2.05 bits per heavy atom. The van der Waals surface area contributed by atoms with Crippen molar-refractivity contribution in [2.24, 2.45) is 5.73 Å². The van der Waals surface area contributed by atoms with E-state index in [1.807, 2.05) is 6.92 Å². The van der Waals surface area contributed by atoms with E-state index in [4.69, 9.17) is 21.8 Å². The molecule has 1 aromatic carbocycles. The van der Waals surface area contributed by atoms with Crippen LogP contribution in [0.25, 0.3) is 0 Å². The van der Waals surface area contributed by atoms with E-state index in [1.165, 1.54) is 12.1 Å². The highest BCUT2D eigenvalue weighted by Crippen LogP contribution is 2.21. The van der Waals surface area contributed by atoms with Crippen molar-refractivity contribution in [1.82, 2.24) is 0 Å². The molecule has 0 bridgehead atoms. The summed E-state index contributed by atoms with van der Waals surface area (Å²) in [5.74, 6) is -0.124. The fraction of sp³-hybridized carbons (Fsp3) is 0.143. The minimum absolute atomic E-state index is 0.151. The summed E-state index contributed by atoms with van der Waals surface area (Å²) >= 11 is 5.83. The van der Waals surface area contributed by atoms with E-state index < -0.39 is 11.8 Å². The van der Waals surface area contributed by atoms with Gasteiger partial charge in [-0.25, -0.2) is 0 Å². The molecule has 2 aromatic rings. The van der Waals surface area contributed by atoms with Crippen molar-refractivity contribution in [3.8, 4) is 0 Å². The summed E-state index contributed by atoms with van der Waals surface area (Å²) in [4.78, 5) is 23.1. The summed E-state index contributed by atoms with van der Waals surface area (Å²) in [5, 5.41) is 2.86. The molecule has 2 amide bonds. The molecular formula is C14H13ClN2O3. The van der Waals surface area contributed by atoms with Crippen LogP contribution >= 0.6 is 11.6 Å². The van der Waals surface area contributed by atoms with Gasteiger partial charge in [-0.05, 0) is 30.3 Å². The zero-order valence-corrected chi connectivity index (χ0v) is 11.5. The highest BCUT2D eigenvalue weighted by atomic mass is 35.5. The summed E-state index contributed by atoms with van der Waals surface area (Å²) < 4.78 is 5.34. The van der Waals surface area contributed by atoms with Gasteiger partial charge in [0, 0.05) is 12.1 Å². The number of aryl methyl sites for hydroxylation is 1. The Balaban J connectivity index is 2.19. The van der Waals surface area contributed by atoms with Gasteiger partial charge in [-0.3, -0.25) is 9.59 Å². The lowest BCUT2D eigenvalue weighted by molar-refractivity contribution is 0.0987. The SMILES string of the molecule is CCc1ccc(C(=O)Nc2ccc(Cl)c(C(N)=O)c2)o1. The number of anilines is 1. The number of benzene rings is 1. The summed E-state index contributed by atoms with van der Waals surface area (Å²) in [6.45, 7) is 1.93. The molecule has 0 radical (unpaired) electrons. The van der Waals surface area contributed by atoms with E-state index in [2.05, 4.69) is 5.32 Å². The molecule has 6 heteroatoms. The summed E-state index contributed by atoms with van der Waals surface area (Å²) in [6.07, 6.45) is 0.708. The Labute approximate surface area is 120 Å². The molecule has 1 aromatic heterocycles. The maximum absolute atomic E-state index is 12.0. The van der Waals surface area contributed by atoms with Crippen molar-refractivity contribution in [1.29, 1.82) is 0 Å². The first-order valence-corrected chi connectivity index (χ1v) is 6.38. The van der Waals surface area contributed by atoms with Crippen molar-refractivity contribution in [3.05, 3.63) is 52.4 Å². The van der Waals surface area contributed by atoms with Crippen LogP contribution in [0.5, 0.6) is 0 Å². The van der Waals surface area contributed by atoms with Gasteiger partial charge in [0.2, 0.25) is 5.91 Å². The Morgan fingerprint density at radius 1 is 1.30 bits per heavy atom. The first-order valence-electron chi connectivity index (χ1n) is 6.00. The van der Waals surface area contributed by atoms with Crippen LogP contribution in [0.1, 0.15) is 33.6 Å². The van der Waals surface area contributed by atoms with Gasteiger partial charge in [-0.2, -0.15) is 0 Å². The van der Waals surface area contributed by atoms with Gasteiger partial charge < -0.3 is 15.5 Å². The summed E-state index contributed by atoms with van der Waals surface area (Å²) in [6, 6.07) is 7.84. The Kier molecular flexibility index (Phi) is 4.10. The average Bonchev–Trinajstić information content (AvgIpc) is 2.89. The molecule has 5 nitrogen and oxygen atoms in total. The second kappa shape index (κ2) is 5.79. The number of carbonyl (C=O) groups is 2. The highest BCUT2D eigenvalue weighted by Gasteiger charge is 2.13. The minimum Gasteiger partial charge on any atom is -0.456 e. The largest absolute Gasteiger partial charge is 0.456 e. The molecule has 0 saturated carbocycles. The van der Waals surface area contributed by atoms with E-state index in [9.17, 15) is 9.59 Å². The summed E-state index contributed by atoms with van der Waals surface area (Å²) in [7, 11) is 0. The third-order valence-corrected chi connectivity index (χ3v) is 3.05.